The summed E-state index contributed by atoms with van der Waals surface area (Å²) in [7, 11) is 0. The number of benzene rings is 4. The van der Waals surface area contributed by atoms with Crippen LogP contribution in [0, 0.1) is 12.1 Å². The Labute approximate surface area is 135 Å². The van der Waals surface area contributed by atoms with E-state index in [-0.39, 0.29) is 16.5 Å². The van der Waals surface area contributed by atoms with E-state index in [4.69, 9.17) is 0 Å². The minimum atomic E-state index is 0. The van der Waals surface area contributed by atoms with Crippen molar-refractivity contribution in [3.05, 3.63) is 97.1 Å². The second-order valence-corrected chi connectivity index (χ2v) is 4.51. The van der Waals surface area contributed by atoms with Gasteiger partial charge in [-0.15, -0.1) is 94.3 Å². The standard InChI is InChI=1S/2C10H7.Ni/c2*1-2-6-10-8-4-3-7-9(10)5-1;/h2*1-7H;/q2*-1;+2. The van der Waals surface area contributed by atoms with E-state index in [1.54, 1.807) is 0 Å². The van der Waals surface area contributed by atoms with Gasteiger partial charge in [0.2, 0.25) is 0 Å². The summed E-state index contributed by atoms with van der Waals surface area (Å²) in [6.07, 6.45) is 0. The van der Waals surface area contributed by atoms with E-state index in [2.05, 4.69) is 48.5 Å². The maximum atomic E-state index is 3.15. The van der Waals surface area contributed by atoms with Crippen molar-refractivity contribution < 1.29 is 16.5 Å². The van der Waals surface area contributed by atoms with Crippen molar-refractivity contribution in [1.82, 2.24) is 0 Å². The summed E-state index contributed by atoms with van der Waals surface area (Å²) in [5.74, 6) is 0. The molecule has 0 saturated heterocycles. The Balaban J connectivity index is 0.000000147. The van der Waals surface area contributed by atoms with Crippen LogP contribution in [0.4, 0.5) is 0 Å². The molecular formula is C20H14Ni. The fourth-order valence-electron chi connectivity index (χ4n) is 2.13. The van der Waals surface area contributed by atoms with Gasteiger partial charge < -0.3 is 0 Å². The van der Waals surface area contributed by atoms with Crippen LogP contribution >= 0.6 is 0 Å². The Kier molecular flexibility index (Phi) is 5.54. The molecule has 0 aliphatic heterocycles. The van der Waals surface area contributed by atoms with Gasteiger partial charge >= 0.3 is 16.5 Å². The molecule has 4 rings (SSSR count). The number of hydrogen-bond acceptors (Lipinski definition) is 0. The molecule has 0 radical (unpaired) electrons. The van der Waals surface area contributed by atoms with Crippen LogP contribution in [-0.4, -0.2) is 0 Å². The molecule has 0 aromatic heterocycles. The van der Waals surface area contributed by atoms with Crippen molar-refractivity contribution in [2.75, 3.05) is 0 Å². The molecule has 21 heavy (non-hydrogen) atoms. The average molecular weight is 313 g/mol. The van der Waals surface area contributed by atoms with Crippen molar-refractivity contribution in [2.24, 2.45) is 0 Å². The molecule has 4 aromatic rings. The van der Waals surface area contributed by atoms with Gasteiger partial charge in [-0.1, -0.05) is 24.3 Å². The first-order valence-corrected chi connectivity index (χ1v) is 6.64. The predicted octanol–water partition coefficient (Wildman–Crippen LogP) is 5.28. The molecule has 0 aliphatic rings. The van der Waals surface area contributed by atoms with Crippen LogP contribution in [0.5, 0.6) is 0 Å². The van der Waals surface area contributed by atoms with E-state index in [9.17, 15) is 0 Å². The van der Waals surface area contributed by atoms with Gasteiger partial charge in [0.25, 0.3) is 0 Å². The number of hydrogen-bond donors (Lipinski definition) is 0. The van der Waals surface area contributed by atoms with E-state index >= 15 is 0 Å². The van der Waals surface area contributed by atoms with Gasteiger partial charge in [0, 0.05) is 0 Å². The molecule has 0 unspecified atom stereocenters. The van der Waals surface area contributed by atoms with Crippen molar-refractivity contribution in [3.8, 4) is 0 Å². The summed E-state index contributed by atoms with van der Waals surface area (Å²) in [4.78, 5) is 0. The molecule has 0 N–H and O–H groups in total. The fourth-order valence-corrected chi connectivity index (χ4v) is 2.13. The molecule has 1 heteroatoms. The van der Waals surface area contributed by atoms with Crippen LogP contribution in [-0.2, 0) is 16.5 Å². The zero-order valence-corrected chi connectivity index (χ0v) is 12.4. The van der Waals surface area contributed by atoms with E-state index in [1.807, 2.05) is 48.5 Å². The molecule has 0 atom stereocenters. The van der Waals surface area contributed by atoms with Gasteiger partial charge in [0.1, 0.15) is 0 Å². The van der Waals surface area contributed by atoms with Gasteiger partial charge in [0.05, 0.1) is 0 Å². The van der Waals surface area contributed by atoms with Crippen molar-refractivity contribution in [2.45, 2.75) is 0 Å². The minimum Gasteiger partial charge on any atom is -0.147 e. The molecule has 0 heterocycles. The van der Waals surface area contributed by atoms with E-state index < -0.39 is 0 Å². The number of rotatable bonds is 0. The zero-order chi connectivity index (χ0) is 13.6. The number of fused-ring (bicyclic) bond motifs is 2. The smallest absolute Gasteiger partial charge is 0.147 e. The third-order valence-corrected chi connectivity index (χ3v) is 3.14. The monoisotopic (exact) mass is 312 g/mol. The molecule has 0 amide bonds. The van der Waals surface area contributed by atoms with E-state index in [0.717, 1.165) is 0 Å². The largest absolute Gasteiger partial charge is 2.00 e. The Morgan fingerprint density at radius 1 is 0.476 bits per heavy atom. The van der Waals surface area contributed by atoms with Crippen LogP contribution in [0.25, 0.3) is 21.5 Å². The van der Waals surface area contributed by atoms with Gasteiger partial charge in [-0.05, 0) is 0 Å². The third-order valence-electron chi connectivity index (χ3n) is 3.14. The Morgan fingerprint density at radius 2 is 0.857 bits per heavy atom. The van der Waals surface area contributed by atoms with Gasteiger partial charge in [-0.2, -0.15) is 0 Å². The first-order chi connectivity index (χ1) is 9.93. The van der Waals surface area contributed by atoms with Crippen LogP contribution in [0.2, 0.25) is 0 Å². The normalized spacial score (nSPS) is 9.52. The molecule has 0 saturated carbocycles. The summed E-state index contributed by atoms with van der Waals surface area (Å²) < 4.78 is 0. The second-order valence-electron chi connectivity index (χ2n) is 4.51. The topological polar surface area (TPSA) is 0 Å². The van der Waals surface area contributed by atoms with E-state index in [1.165, 1.54) is 21.5 Å². The van der Waals surface area contributed by atoms with Crippen LogP contribution in [0.1, 0.15) is 0 Å². The van der Waals surface area contributed by atoms with Crippen molar-refractivity contribution in [3.63, 3.8) is 0 Å². The SMILES string of the molecule is [Ni+2].[c-]1cccc2ccccc12.[c-]1cccc2ccccc12. The van der Waals surface area contributed by atoms with Crippen molar-refractivity contribution in [1.29, 1.82) is 0 Å². The molecule has 0 nitrogen and oxygen atoms in total. The van der Waals surface area contributed by atoms with Gasteiger partial charge in [-0.25, -0.2) is 0 Å². The third kappa shape index (κ3) is 3.93. The molecule has 4 aromatic carbocycles. The molecule has 0 fully saturated rings. The molecule has 104 valence electrons. The second kappa shape index (κ2) is 7.62. The van der Waals surface area contributed by atoms with Gasteiger partial charge in [0.15, 0.2) is 0 Å². The molecule has 0 spiro atoms. The first-order valence-electron chi connectivity index (χ1n) is 6.64. The molecule has 0 aliphatic carbocycles. The summed E-state index contributed by atoms with van der Waals surface area (Å²) in [6.45, 7) is 0. The fraction of sp³-hybridized carbons (Fsp3) is 0. The Hall–Kier alpha value is -2.11. The van der Waals surface area contributed by atoms with Crippen LogP contribution < -0.4 is 0 Å². The van der Waals surface area contributed by atoms with E-state index in [0.29, 0.717) is 0 Å². The Bertz CT molecular complexity index is 619. The Morgan fingerprint density at radius 3 is 1.29 bits per heavy atom. The first kappa shape index (κ1) is 15.3. The predicted molar refractivity (Wildman–Crippen MR) is 85.6 cm³/mol. The van der Waals surface area contributed by atoms with Crippen LogP contribution in [0.3, 0.4) is 0 Å². The molecular weight excluding hydrogens is 299 g/mol. The van der Waals surface area contributed by atoms with Crippen molar-refractivity contribution >= 4 is 21.5 Å². The summed E-state index contributed by atoms with van der Waals surface area (Å²) in [5.41, 5.74) is 0. The summed E-state index contributed by atoms with van der Waals surface area (Å²) in [6, 6.07) is 34.8. The summed E-state index contributed by atoms with van der Waals surface area (Å²) >= 11 is 0. The minimum absolute atomic E-state index is 0. The summed E-state index contributed by atoms with van der Waals surface area (Å²) in [5, 5.41) is 4.88. The van der Waals surface area contributed by atoms with Crippen LogP contribution in [0.15, 0.2) is 84.9 Å². The zero-order valence-electron chi connectivity index (χ0n) is 11.4. The average Bonchev–Trinajstić information content (AvgIpc) is 2.56. The quantitative estimate of drug-likeness (QED) is 0.306. The maximum absolute atomic E-state index is 3.15. The maximum Gasteiger partial charge on any atom is 2.00 e. The van der Waals surface area contributed by atoms with Gasteiger partial charge in [-0.3, -0.25) is 0 Å². The molecule has 0 bridgehead atoms.